The fourth-order valence-corrected chi connectivity index (χ4v) is 2.91. The number of benzene rings is 2. The SMILES string of the molecule is CCC[C@H](O)c1nc2ccccc2n1Cc1ccccc1Cl. The van der Waals surface area contributed by atoms with Crippen molar-refractivity contribution in [2.24, 2.45) is 0 Å². The lowest BCUT2D eigenvalue weighted by Crippen LogP contribution is -2.10. The molecule has 0 saturated carbocycles. The third-order valence-electron chi connectivity index (χ3n) is 3.83. The zero-order valence-electron chi connectivity index (χ0n) is 12.5. The van der Waals surface area contributed by atoms with Crippen molar-refractivity contribution in [1.29, 1.82) is 0 Å². The van der Waals surface area contributed by atoms with Gasteiger partial charge in [0, 0.05) is 5.02 Å². The second-order valence-corrected chi connectivity index (χ2v) is 5.85. The number of aliphatic hydroxyl groups is 1. The standard InChI is InChI=1S/C18H19ClN2O/c1-2-7-17(22)18-20-15-10-5-6-11-16(15)21(18)12-13-8-3-4-9-14(13)19/h3-6,8-11,17,22H,2,7,12H2,1H3/t17-/m0/s1. The second kappa shape index (κ2) is 6.51. The van der Waals surface area contributed by atoms with Gasteiger partial charge in [-0.25, -0.2) is 4.98 Å². The number of para-hydroxylation sites is 2. The predicted molar refractivity (Wildman–Crippen MR) is 90.2 cm³/mol. The first-order valence-electron chi connectivity index (χ1n) is 7.57. The lowest BCUT2D eigenvalue weighted by atomic mass is 10.2. The van der Waals surface area contributed by atoms with Gasteiger partial charge < -0.3 is 9.67 Å². The molecule has 4 heteroatoms. The van der Waals surface area contributed by atoms with Gasteiger partial charge in [0.2, 0.25) is 0 Å². The van der Waals surface area contributed by atoms with E-state index in [0.717, 1.165) is 28.0 Å². The molecule has 22 heavy (non-hydrogen) atoms. The quantitative estimate of drug-likeness (QED) is 0.749. The topological polar surface area (TPSA) is 38.1 Å². The summed E-state index contributed by atoms with van der Waals surface area (Å²) < 4.78 is 2.07. The van der Waals surface area contributed by atoms with Crippen LogP contribution in [0.5, 0.6) is 0 Å². The summed E-state index contributed by atoms with van der Waals surface area (Å²) in [6.45, 7) is 2.67. The zero-order valence-corrected chi connectivity index (χ0v) is 13.3. The van der Waals surface area contributed by atoms with E-state index in [-0.39, 0.29) is 0 Å². The van der Waals surface area contributed by atoms with E-state index >= 15 is 0 Å². The first-order chi connectivity index (χ1) is 10.7. The Morgan fingerprint density at radius 2 is 1.86 bits per heavy atom. The van der Waals surface area contributed by atoms with Gasteiger partial charge in [0.1, 0.15) is 11.9 Å². The largest absolute Gasteiger partial charge is 0.385 e. The van der Waals surface area contributed by atoms with E-state index in [1.165, 1.54) is 0 Å². The molecule has 1 heterocycles. The maximum atomic E-state index is 10.4. The van der Waals surface area contributed by atoms with Gasteiger partial charge in [0.25, 0.3) is 0 Å². The van der Waals surface area contributed by atoms with Crippen molar-refractivity contribution in [3.8, 4) is 0 Å². The molecule has 0 unspecified atom stereocenters. The minimum atomic E-state index is -0.556. The molecule has 0 amide bonds. The van der Waals surface area contributed by atoms with E-state index in [4.69, 9.17) is 11.6 Å². The number of aliphatic hydroxyl groups excluding tert-OH is 1. The van der Waals surface area contributed by atoms with Crippen molar-refractivity contribution in [2.45, 2.75) is 32.4 Å². The van der Waals surface area contributed by atoms with Crippen LogP contribution in [-0.4, -0.2) is 14.7 Å². The molecule has 0 fully saturated rings. The second-order valence-electron chi connectivity index (χ2n) is 5.44. The van der Waals surface area contributed by atoms with Crippen molar-refractivity contribution < 1.29 is 5.11 Å². The molecule has 0 radical (unpaired) electrons. The molecule has 0 aliphatic heterocycles. The fourth-order valence-electron chi connectivity index (χ4n) is 2.71. The van der Waals surface area contributed by atoms with Crippen LogP contribution in [0, 0.1) is 0 Å². The smallest absolute Gasteiger partial charge is 0.139 e. The van der Waals surface area contributed by atoms with Crippen LogP contribution in [0.25, 0.3) is 11.0 Å². The fraction of sp³-hybridized carbons (Fsp3) is 0.278. The molecule has 1 atom stereocenters. The van der Waals surface area contributed by atoms with Crippen molar-refractivity contribution >= 4 is 22.6 Å². The van der Waals surface area contributed by atoms with Gasteiger partial charge >= 0.3 is 0 Å². The van der Waals surface area contributed by atoms with Gasteiger partial charge in [-0.05, 0) is 30.2 Å². The molecule has 0 aliphatic rings. The van der Waals surface area contributed by atoms with E-state index in [1.807, 2.05) is 48.5 Å². The molecular formula is C18H19ClN2O. The normalized spacial score (nSPS) is 12.7. The molecule has 114 valence electrons. The minimum Gasteiger partial charge on any atom is -0.385 e. The van der Waals surface area contributed by atoms with Gasteiger partial charge in [0.15, 0.2) is 0 Å². The average Bonchev–Trinajstić information content (AvgIpc) is 2.89. The number of hydrogen-bond acceptors (Lipinski definition) is 2. The Balaban J connectivity index is 2.09. The molecule has 0 aliphatic carbocycles. The average molecular weight is 315 g/mol. The highest BCUT2D eigenvalue weighted by Gasteiger charge is 2.18. The number of nitrogens with zero attached hydrogens (tertiary/aromatic N) is 2. The Morgan fingerprint density at radius 1 is 1.14 bits per heavy atom. The Bertz CT molecular complexity index is 782. The number of rotatable bonds is 5. The van der Waals surface area contributed by atoms with Gasteiger partial charge in [-0.1, -0.05) is 55.3 Å². The predicted octanol–water partition coefficient (Wildman–Crippen LogP) is 4.57. The molecule has 0 bridgehead atoms. The number of imidazole rings is 1. The molecule has 2 aromatic carbocycles. The summed E-state index contributed by atoms with van der Waals surface area (Å²) >= 11 is 6.29. The first-order valence-corrected chi connectivity index (χ1v) is 7.95. The van der Waals surface area contributed by atoms with Gasteiger partial charge in [-0.2, -0.15) is 0 Å². The van der Waals surface area contributed by atoms with Crippen LogP contribution in [0.3, 0.4) is 0 Å². The molecule has 3 nitrogen and oxygen atoms in total. The highest BCUT2D eigenvalue weighted by molar-refractivity contribution is 6.31. The Kier molecular flexibility index (Phi) is 4.46. The Hall–Kier alpha value is -1.84. The van der Waals surface area contributed by atoms with Crippen molar-refractivity contribution in [2.75, 3.05) is 0 Å². The van der Waals surface area contributed by atoms with E-state index in [9.17, 15) is 5.11 Å². The third-order valence-corrected chi connectivity index (χ3v) is 4.20. The summed E-state index contributed by atoms with van der Waals surface area (Å²) in [4.78, 5) is 4.63. The summed E-state index contributed by atoms with van der Waals surface area (Å²) in [5, 5.41) is 11.2. The van der Waals surface area contributed by atoms with Crippen LogP contribution in [0.1, 0.15) is 37.3 Å². The number of aromatic nitrogens is 2. The molecule has 1 N–H and O–H groups in total. The van der Waals surface area contributed by atoms with Crippen LogP contribution >= 0.6 is 11.6 Å². The first kappa shape index (κ1) is 15.1. The summed E-state index contributed by atoms with van der Waals surface area (Å²) in [7, 11) is 0. The third kappa shape index (κ3) is 2.87. The van der Waals surface area contributed by atoms with Gasteiger partial charge in [-0.3, -0.25) is 0 Å². The monoisotopic (exact) mass is 314 g/mol. The lowest BCUT2D eigenvalue weighted by Gasteiger charge is -2.14. The minimum absolute atomic E-state index is 0.556. The summed E-state index contributed by atoms with van der Waals surface area (Å²) in [5.74, 6) is 0.711. The molecular weight excluding hydrogens is 296 g/mol. The van der Waals surface area contributed by atoms with Gasteiger partial charge in [-0.15, -0.1) is 0 Å². The van der Waals surface area contributed by atoms with E-state index < -0.39 is 6.10 Å². The molecule has 0 saturated heterocycles. The van der Waals surface area contributed by atoms with Crippen molar-refractivity contribution in [1.82, 2.24) is 9.55 Å². The van der Waals surface area contributed by atoms with Crippen molar-refractivity contribution in [3.05, 3.63) is 64.9 Å². The summed E-state index contributed by atoms with van der Waals surface area (Å²) in [6, 6.07) is 15.7. The summed E-state index contributed by atoms with van der Waals surface area (Å²) in [5.41, 5.74) is 2.95. The zero-order chi connectivity index (χ0) is 15.5. The number of halogens is 1. The van der Waals surface area contributed by atoms with Crippen LogP contribution in [-0.2, 0) is 6.54 Å². The van der Waals surface area contributed by atoms with Crippen LogP contribution in [0.4, 0.5) is 0 Å². The highest BCUT2D eigenvalue weighted by Crippen LogP contribution is 2.26. The maximum Gasteiger partial charge on any atom is 0.139 e. The number of fused-ring (bicyclic) bond motifs is 1. The molecule has 0 spiro atoms. The van der Waals surface area contributed by atoms with E-state index in [2.05, 4.69) is 16.5 Å². The highest BCUT2D eigenvalue weighted by atomic mass is 35.5. The van der Waals surface area contributed by atoms with Crippen LogP contribution < -0.4 is 0 Å². The van der Waals surface area contributed by atoms with Crippen LogP contribution in [0.15, 0.2) is 48.5 Å². The number of hydrogen-bond donors (Lipinski definition) is 1. The summed E-state index contributed by atoms with van der Waals surface area (Å²) in [6.07, 6.45) is 1.06. The Labute approximate surface area is 135 Å². The maximum absolute atomic E-state index is 10.4. The molecule has 3 aromatic rings. The molecule has 3 rings (SSSR count). The van der Waals surface area contributed by atoms with Crippen molar-refractivity contribution in [3.63, 3.8) is 0 Å². The molecule has 1 aromatic heterocycles. The van der Waals surface area contributed by atoms with Crippen LogP contribution in [0.2, 0.25) is 5.02 Å². The lowest BCUT2D eigenvalue weighted by molar-refractivity contribution is 0.153. The van der Waals surface area contributed by atoms with Gasteiger partial charge in [0.05, 0.1) is 17.6 Å². The van der Waals surface area contributed by atoms with E-state index in [1.54, 1.807) is 0 Å². The Morgan fingerprint density at radius 3 is 2.64 bits per heavy atom. The van der Waals surface area contributed by atoms with E-state index in [0.29, 0.717) is 18.8 Å².